The van der Waals surface area contributed by atoms with Gasteiger partial charge in [-0.1, -0.05) is 0 Å². The molecule has 0 aliphatic rings. The number of hydrogen-bond acceptors (Lipinski definition) is 4. The number of hydrazine groups is 1. The number of urea groups is 1. The van der Waals surface area contributed by atoms with Crippen molar-refractivity contribution in [3.63, 3.8) is 0 Å². The van der Waals surface area contributed by atoms with E-state index in [-0.39, 0.29) is 9.95 Å². The molecule has 2 rings (SSSR count). The first kappa shape index (κ1) is 16.9. The highest BCUT2D eigenvalue weighted by molar-refractivity contribution is 14.1. The predicted molar refractivity (Wildman–Crippen MR) is 98.3 cm³/mol. The van der Waals surface area contributed by atoms with Crippen molar-refractivity contribution in [3.05, 3.63) is 48.5 Å². The maximum atomic E-state index is 11.9. The number of anilines is 3. The number of amides is 3. The summed E-state index contributed by atoms with van der Waals surface area (Å²) in [5.74, 6) is 0.720. The van der Waals surface area contributed by atoms with Gasteiger partial charge in [0.15, 0.2) is 0 Å². The minimum atomic E-state index is -0.351. The molecule has 0 saturated heterocycles. The van der Waals surface area contributed by atoms with Crippen LogP contribution in [0.1, 0.15) is 0 Å². The first-order valence-electron chi connectivity index (χ1n) is 6.60. The standard InChI is InChI=1S/C15H15IN4O3/c1-23-13-8-6-11(7-9-13)18-15(22)17-10-2-4-12(5-3-10)19-20-14(16)21/h2-9,19H,1H3,(H,20,21)(H2,17,18,22). The summed E-state index contributed by atoms with van der Waals surface area (Å²) in [6.45, 7) is 0. The molecular weight excluding hydrogens is 411 g/mol. The zero-order valence-corrected chi connectivity index (χ0v) is 14.4. The molecule has 0 heterocycles. The van der Waals surface area contributed by atoms with Crippen LogP contribution in [0.25, 0.3) is 0 Å². The molecule has 3 amide bonds. The first-order chi connectivity index (χ1) is 11.1. The second-order valence-electron chi connectivity index (χ2n) is 4.41. The lowest BCUT2D eigenvalue weighted by molar-refractivity contribution is 0.262. The van der Waals surface area contributed by atoms with Crippen LogP contribution in [-0.4, -0.2) is 17.1 Å². The molecule has 0 saturated carbocycles. The zero-order valence-electron chi connectivity index (χ0n) is 12.2. The van der Waals surface area contributed by atoms with E-state index in [1.54, 1.807) is 78.2 Å². The third-order valence-corrected chi connectivity index (χ3v) is 3.07. The number of methoxy groups -OCH3 is 1. The van der Waals surface area contributed by atoms with Crippen molar-refractivity contribution in [2.75, 3.05) is 23.2 Å². The monoisotopic (exact) mass is 426 g/mol. The molecular formula is C15H15IN4O3. The molecule has 4 N–H and O–H groups in total. The smallest absolute Gasteiger partial charge is 0.323 e. The lowest BCUT2D eigenvalue weighted by Crippen LogP contribution is -2.23. The van der Waals surface area contributed by atoms with Crippen LogP contribution in [0.2, 0.25) is 0 Å². The van der Waals surface area contributed by atoms with Gasteiger partial charge >= 0.3 is 6.03 Å². The summed E-state index contributed by atoms with van der Waals surface area (Å²) in [4.78, 5) is 22.7. The van der Waals surface area contributed by atoms with E-state index in [2.05, 4.69) is 21.5 Å². The minimum absolute atomic E-state index is 0.219. The fourth-order valence-corrected chi connectivity index (χ4v) is 1.86. The molecule has 0 fully saturated rings. The number of rotatable bonds is 5. The summed E-state index contributed by atoms with van der Waals surface area (Å²) in [7, 11) is 1.58. The third kappa shape index (κ3) is 5.66. The third-order valence-electron chi connectivity index (χ3n) is 2.80. The van der Waals surface area contributed by atoms with Crippen LogP contribution in [0.3, 0.4) is 0 Å². The molecule has 0 aliphatic heterocycles. The van der Waals surface area contributed by atoms with E-state index >= 15 is 0 Å². The molecule has 0 spiro atoms. The van der Waals surface area contributed by atoms with Gasteiger partial charge < -0.3 is 15.4 Å². The van der Waals surface area contributed by atoms with Crippen LogP contribution in [0.15, 0.2) is 48.5 Å². The van der Waals surface area contributed by atoms with Gasteiger partial charge in [-0.05, 0) is 48.5 Å². The second kappa shape index (κ2) is 8.22. The lowest BCUT2D eigenvalue weighted by Gasteiger charge is -2.10. The van der Waals surface area contributed by atoms with E-state index in [1.165, 1.54) is 0 Å². The number of ether oxygens (including phenoxy) is 1. The molecule has 0 radical (unpaired) electrons. The number of carbonyl (C=O) groups excluding carboxylic acids is 2. The maximum absolute atomic E-state index is 11.9. The molecule has 0 atom stereocenters. The number of hydrogen-bond donors (Lipinski definition) is 4. The van der Waals surface area contributed by atoms with Crippen molar-refractivity contribution >= 4 is 49.6 Å². The average molecular weight is 426 g/mol. The summed E-state index contributed by atoms with van der Waals surface area (Å²) in [6, 6.07) is 13.6. The van der Waals surface area contributed by atoms with Crippen LogP contribution < -0.4 is 26.2 Å². The van der Waals surface area contributed by atoms with E-state index < -0.39 is 0 Å². The Kier molecular flexibility index (Phi) is 6.03. The summed E-state index contributed by atoms with van der Waals surface area (Å²) in [6.07, 6.45) is 0. The van der Waals surface area contributed by atoms with Crippen molar-refractivity contribution in [2.24, 2.45) is 0 Å². The summed E-state index contributed by atoms with van der Waals surface area (Å²) >= 11 is 1.62. The summed E-state index contributed by atoms with van der Waals surface area (Å²) in [5.41, 5.74) is 7.17. The molecule has 2 aromatic rings. The van der Waals surface area contributed by atoms with Gasteiger partial charge in [-0.2, -0.15) is 0 Å². The second-order valence-corrected chi connectivity index (χ2v) is 5.39. The van der Waals surface area contributed by atoms with Gasteiger partial charge in [0, 0.05) is 34.0 Å². The number of benzene rings is 2. The molecule has 23 heavy (non-hydrogen) atoms. The molecule has 0 aliphatic carbocycles. The summed E-state index contributed by atoms with van der Waals surface area (Å²) in [5, 5.41) is 5.43. The van der Waals surface area contributed by atoms with Crippen molar-refractivity contribution in [1.29, 1.82) is 0 Å². The Balaban J connectivity index is 1.87. The van der Waals surface area contributed by atoms with E-state index in [0.717, 1.165) is 5.75 Å². The quantitative estimate of drug-likeness (QED) is 0.253. The highest BCUT2D eigenvalue weighted by atomic mass is 127. The van der Waals surface area contributed by atoms with Crippen LogP contribution in [0.4, 0.5) is 26.7 Å². The highest BCUT2D eigenvalue weighted by Crippen LogP contribution is 2.16. The van der Waals surface area contributed by atoms with Crippen molar-refractivity contribution in [3.8, 4) is 5.75 Å². The predicted octanol–water partition coefficient (Wildman–Crippen LogP) is 3.81. The molecule has 0 aromatic heterocycles. The first-order valence-corrected chi connectivity index (χ1v) is 7.68. The van der Waals surface area contributed by atoms with Gasteiger partial charge in [-0.15, -0.1) is 0 Å². The van der Waals surface area contributed by atoms with Crippen molar-refractivity contribution in [2.45, 2.75) is 0 Å². The van der Waals surface area contributed by atoms with Gasteiger partial charge in [0.25, 0.3) is 3.91 Å². The highest BCUT2D eigenvalue weighted by Gasteiger charge is 2.03. The Bertz CT molecular complexity index is 674. The fraction of sp³-hybridized carbons (Fsp3) is 0.0667. The number of carbonyl (C=O) groups is 2. The molecule has 2 aromatic carbocycles. The largest absolute Gasteiger partial charge is 0.497 e. The van der Waals surface area contributed by atoms with Crippen molar-refractivity contribution < 1.29 is 14.3 Å². The Morgan fingerprint density at radius 1 is 0.870 bits per heavy atom. The average Bonchev–Trinajstić information content (AvgIpc) is 2.55. The van der Waals surface area contributed by atoms with Gasteiger partial charge in [-0.25, -0.2) is 4.79 Å². The fourth-order valence-electron chi connectivity index (χ4n) is 1.73. The van der Waals surface area contributed by atoms with Crippen LogP contribution in [0, 0.1) is 0 Å². The van der Waals surface area contributed by atoms with Crippen molar-refractivity contribution in [1.82, 2.24) is 5.43 Å². The van der Waals surface area contributed by atoms with Crippen LogP contribution >= 0.6 is 22.6 Å². The Labute approximate surface area is 146 Å². The maximum Gasteiger partial charge on any atom is 0.323 e. The normalized spacial score (nSPS) is 9.65. The zero-order chi connectivity index (χ0) is 16.7. The summed E-state index contributed by atoms with van der Waals surface area (Å²) < 4.78 is 4.84. The molecule has 120 valence electrons. The SMILES string of the molecule is COc1ccc(NC(=O)Nc2ccc(NNC(=O)I)cc2)cc1. The van der Waals surface area contributed by atoms with Crippen LogP contribution in [-0.2, 0) is 0 Å². The molecule has 0 bridgehead atoms. The van der Waals surface area contributed by atoms with Gasteiger partial charge in [-0.3, -0.25) is 15.6 Å². The van der Waals surface area contributed by atoms with E-state index in [0.29, 0.717) is 17.1 Å². The van der Waals surface area contributed by atoms with Crippen LogP contribution in [0.5, 0.6) is 5.75 Å². The number of halogens is 1. The van der Waals surface area contributed by atoms with E-state index in [9.17, 15) is 9.59 Å². The lowest BCUT2D eigenvalue weighted by atomic mass is 10.3. The Hall–Kier alpha value is -2.49. The minimum Gasteiger partial charge on any atom is -0.497 e. The number of nitrogens with one attached hydrogen (secondary N) is 4. The topological polar surface area (TPSA) is 91.5 Å². The Morgan fingerprint density at radius 3 is 1.83 bits per heavy atom. The van der Waals surface area contributed by atoms with Gasteiger partial charge in [0.1, 0.15) is 5.75 Å². The molecule has 0 unspecified atom stereocenters. The Morgan fingerprint density at radius 2 is 1.35 bits per heavy atom. The molecule has 8 heteroatoms. The van der Waals surface area contributed by atoms with E-state index in [4.69, 9.17) is 4.74 Å². The van der Waals surface area contributed by atoms with Gasteiger partial charge in [0.2, 0.25) is 0 Å². The molecule has 7 nitrogen and oxygen atoms in total. The van der Waals surface area contributed by atoms with E-state index in [1.807, 2.05) is 0 Å². The van der Waals surface area contributed by atoms with Gasteiger partial charge in [0.05, 0.1) is 12.8 Å².